The summed E-state index contributed by atoms with van der Waals surface area (Å²) in [6, 6.07) is 4.93. The lowest BCUT2D eigenvalue weighted by Crippen LogP contribution is -2.28. The molecule has 0 aliphatic carbocycles. The van der Waals surface area contributed by atoms with Crippen LogP contribution in [0.1, 0.15) is 19.8 Å². The molecule has 2 N–H and O–H groups in total. The number of nitrogen functional groups attached to an aromatic ring is 1. The number of benzene rings is 1. The molecule has 1 heterocycles. The molecule has 5 heteroatoms. The van der Waals surface area contributed by atoms with Crippen LogP contribution >= 0.6 is 0 Å². The van der Waals surface area contributed by atoms with Crippen molar-refractivity contribution in [1.82, 2.24) is 0 Å². The molecule has 1 aromatic rings. The Kier molecular flexibility index (Phi) is 2.99. The molecule has 1 aliphatic rings. The van der Waals surface area contributed by atoms with Gasteiger partial charge < -0.3 is 10.5 Å². The van der Waals surface area contributed by atoms with Crippen LogP contribution in [0.4, 0.5) is 11.4 Å². The van der Waals surface area contributed by atoms with Gasteiger partial charge in [-0.3, -0.25) is 14.5 Å². The summed E-state index contributed by atoms with van der Waals surface area (Å²) in [6.45, 7) is 2.38. The Labute approximate surface area is 99.2 Å². The minimum atomic E-state index is -0.182. The number of hydrogen-bond donors (Lipinski definition) is 1. The number of carbonyl (C=O) groups excluding carboxylic acids is 2. The van der Waals surface area contributed by atoms with Crippen molar-refractivity contribution in [1.29, 1.82) is 0 Å². The van der Waals surface area contributed by atoms with Crippen molar-refractivity contribution in [2.45, 2.75) is 19.8 Å². The van der Waals surface area contributed by atoms with Crippen LogP contribution in [-0.2, 0) is 9.59 Å². The number of anilines is 2. The highest BCUT2D eigenvalue weighted by molar-refractivity contribution is 6.20. The third-order valence-electron chi connectivity index (χ3n) is 2.60. The molecule has 0 atom stereocenters. The van der Waals surface area contributed by atoms with E-state index in [1.165, 1.54) is 4.90 Å². The molecule has 90 valence electrons. The molecule has 1 aliphatic heterocycles. The van der Waals surface area contributed by atoms with E-state index in [2.05, 4.69) is 0 Å². The first-order valence-corrected chi connectivity index (χ1v) is 5.51. The maximum absolute atomic E-state index is 11.5. The molecule has 1 saturated heterocycles. The average molecular weight is 234 g/mol. The lowest BCUT2D eigenvalue weighted by Gasteiger charge is -2.15. The summed E-state index contributed by atoms with van der Waals surface area (Å²) < 4.78 is 5.29. The highest BCUT2D eigenvalue weighted by atomic mass is 16.5. The van der Waals surface area contributed by atoms with E-state index < -0.39 is 0 Å². The van der Waals surface area contributed by atoms with Crippen molar-refractivity contribution in [3.8, 4) is 5.75 Å². The van der Waals surface area contributed by atoms with Gasteiger partial charge in [0.05, 0.1) is 18.0 Å². The molecule has 1 fully saturated rings. The number of imide groups is 1. The first kappa shape index (κ1) is 11.4. The second-order valence-corrected chi connectivity index (χ2v) is 3.78. The smallest absolute Gasteiger partial charge is 0.234 e. The van der Waals surface area contributed by atoms with Crippen molar-refractivity contribution >= 4 is 23.2 Å². The maximum Gasteiger partial charge on any atom is 0.234 e. The molecule has 0 spiro atoms. The fourth-order valence-corrected chi connectivity index (χ4v) is 1.83. The van der Waals surface area contributed by atoms with Gasteiger partial charge in [0.15, 0.2) is 0 Å². The molecule has 0 saturated carbocycles. The van der Waals surface area contributed by atoms with Crippen LogP contribution in [0, 0.1) is 0 Å². The summed E-state index contributed by atoms with van der Waals surface area (Å²) in [5.41, 5.74) is 6.73. The van der Waals surface area contributed by atoms with Gasteiger partial charge in [-0.1, -0.05) is 0 Å². The van der Waals surface area contributed by atoms with Crippen molar-refractivity contribution in [3.05, 3.63) is 18.2 Å². The summed E-state index contributed by atoms with van der Waals surface area (Å²) in [5.74, 6) is 0.201. The van der Waals surface area contributed by atoms with Gasteiger partial charge in [0.2, 0.25) is 11.8 Å². The molecular weight excluding hydrogens is 220 g/mol. The zero-order valence-electron chi connectivity index (χ0n) is 9.60. The van der Waals surface area contributed by atoms with Gasteiger partial charge in [0, 0.05) is 12.8 Å². The van der Waals surface area contributed by atoms with Crippen LogP contribution < -0.4 is 15.4 Å². The lowest BCUT2D eigenvalue weighted by atomic mass is 10.2. The van der Waals surface area contributed by atoms with Crippen molar-refractivity contribution in [3.63, 3.8) is 0 Å². The quantitative estimate of drug-likeness (QED) is 0.632. The zero-order chi connectivity index (χ0) is 12.4. The predicted molar refractivity (Wildman–Crippen MR) is 63.8 cm³/mol. The molecule has 1 aromatic carbocycles. The SMILES string of the molecule is CCOc1ccc(N2C(=O)CCC2=O)cc1N. The predicted octanol–water partition coefficient (Wildman–Crippen LogP) is 1.32. The second-order valence-electron chi connectivity index (χ2n) is 3.78. The summed E-state index contributed by atoms with van der Waals surface area (Å²) in [7, 11) is 0. The monoisotopic (exact) mass is 234 g/mol. The lowest BCUT2D eigenvalue weighted by molar-refractivity contribution is -0.121. The summed E-state index contributed by atoms with van der Waals surface area (Å²) >= 11 is 0. The Hall–Kier alpha value is -2.04. The zero-order valence-corrected chi connectivity index (χ0v) is 9.60. The molecule has 0 bridgehead atoms. The Bertz CT molecular complexity index is 455. The van der Waals surface area contributed by atoms with Crippen LogP contribution in [0.25, 0.3) is 0 Å². The van der Waals surface area contributed by atoms with Crippen LogP contribution in [0.15, 0.2) is 18.2 Å². The van der Waals surface area contributed by atoms with Crippen molar-refractivity contribution < 1.29 is 14.3 Å². The number of hydrogen-bond acceptors (Lipinski definition) is 4. The van der Waals surface area contributed by atoms with E-state index in [4.69, 9.17) is 10.5 Å². The van der Waals surface area contributed by atoms with Gasteiger partial charge in [-0.25, -0.2) is 0 Å². The van der Waals surface area contributed by atoms with E-state index in [0.717, 1.165) is 0 Å². The minimum absolute atomic E-state index is 0.182. The minimum Gasteiger partial charge on any atom is -0.492 e. The summed E-state index contributed by atoms with van der Waals surface area (Å²) in [5, 5.41) is 0. The van der Waals surface area contributed by atoms with Gasteiger partial charge in [0.25, 0.3) is 0 Å². The van der Waals surface area contributed by atoms with Gasteiger partial charge in [0.1, 0.15) is 5.75 Å². The fraction of sp³-hybridized carbons (Fsp3) is 0.333. The summed E-state index contributed by atoms with van der Waals surface area (Å²) in [4.78, 5) is 24.3. The normalized spacial score (nSPS) is 15.5. The number of nitrogens with zero attached hydrogens (tertiary/aromatic N) is 1. The molecule has 0 unspecified atom stereocenters. The molecular formula is C12H14N2O3. The maximum atomic E-state index is 11.5. The largest absolute Gasteiger partial charge is 0.492 e. The van der Waals surface area contributed by atoms with Crippen LogP contribution in [0.5, 0.6) is 5.75 Å². The van der Waals surface area contributed by atoms with E-state index in [1.807, 2.05) is 6.92 Å². The highest BCUT2D eigenvalue weighted by Gasteiger charge is 2.30. The number of carbonyl (C=O) groups is 2. The standard InChI is InChI=1S/C12H14N2O3/c1-2-17-10-4-3-8(7-9(10)13)14-11(15)5-6-12(14)16/h3-4,7H,2,5-6,13H2,1H3. The topological polar surface area (TPSA) is 72.6 Å². The molecule has 2 rings (SSSR count). The Balaban J connectivity index is 2.31. The molecule has 5 nitrogen and oxygen atoms in total. The third-order valence-corrected chi connectivity index (χ3v) is 2.60. The number of rotatable bonds is 3. The third kappa shape index (κ3) is 2.08. The van der Waals surface area contributed by atoms with Gasteiger partial charge in [-0.2, -0.15) is 0 Å². The van der Waals surface area contributed by atoms with Crippen LogP contribution in [-0.4, -0.2) is 18.4 Å². The first-order chi connectivity index (χ1) is 8.13. The number of amides is 2. The number of nitrogens with two attached hydrogens (primary N) is 1. The first-order valence-electron chi connectivity index (χ1n) is 5.51. The van der Waals surface area contributed by atoms with Gasteiger partial charge >= 0.3 is 0 Å². The van der Waals surface area contributed by atoms with E-state index in [1.54, 1.807) is 18.2 Å². The molecule has 17 heavy (non-hydrogen) atoms. The molecule has 2 amide bonds. The molecule has 0 aromatic heterocycles. The Morgan fingerprint density at radius 2 is 1.94 bits per heavy atom. The van der Waals surface area contributed by atoms with Gasteiger partial charge in [-0.15, -0.1) is 0 Å². The van der Waals surface area contributed by atoms with E-state index in [0.29, 0.717) is 23.7 Å². The van der Waals surface area contributed by atoms with E-state index in [9.17, 15) is 9.59 Å². The van der Waals surface area contributed by atoms with Gasteiger partial charge in [-0.05, 0) is 25.1 Å². The fourth-order valence-electron chi connectivity index (χ4n) is 1.83. The highest BCUT2D eigenvalue weighted by Crippen LogP contribution is 2.29. The molecule has 0 radical (unpaired) electrons. The van der Waals surface area contributed by atoms with Crippen LogP contribution in [0.2, 0.25) is 0 Å². The second kappa shape index (κ2) is 4.45. The van der Waals surface area contributed by atoms with E-state index >= 15 is 0 Å². The van der Waals surface area contributed by atoms with Crippen molar-refractivity contribution in [2.75, 3.05) is 17.2 Å². The Morgan fingerprint density at radius 3 is 2.47 bits per heavy atom. The van der Waals surface area contributed by atoms with Crippen molar-refractivity contribution in [2.24, 2.45) is 0 Å². The summed E-state index contributed by atoms with van der Waals surface area (Å²) in [6.07, 6.45) is 0.540. The number of ether oxygens (including phenoxy) is 1. The van der Waals surface area contributed by atoms with E-state index in [-0.39, 0.29) is 24.7 Å². The van der Waals surface area contributed by atoms with Crippen LogP contribution in [0.3, 0.4) is 0 Å². The Morgan fingerprint density at radius 1 is 1.29 bits per heavy atom. The average Bonchev–Trinajstić information content (AvgIpc) is 2.62.